The molecule has 0 saturated carbocycles. The first-order chi connectivity index (χ1) is 6.86. The summed E-state index contributed by atoms with van der Waals surface area (Å²) < 4.78 is 10.8. The van der Waals surface area contributed by atoms with Crippen molar-refractivity contribution in [2.45, 2.75) is 6.92 Å². The Morgan fingerprint density at radius 3 is 2.14 bits per heavy atom. The molecule has 0 radical (unpaired) electrons. The van der Waals surface area contributed by atoms with Crippen LogP contribution in [0.4, 0.5) is 5.69 Å². The van der Waals surface area contributed by atoms with Crippen LogP contribution in [-0.2, 0) is 9.47 Å². The predicted octanol–water partition coefficient (Wildman–Crippen LogP) is 1.76. The molecular formula is C11H15NO2. The van der Waals surface area contributed by atoms with Gasteiger partial charge >= 0.3 is 0 Å². The van der Waals surface area contributed by atoms with Gasteiger partial charge in [0, 0.05) is 5.69 Å². The molecule has 1 aromatic carbocycles. The lowest BCUT2D eigenvalue weighted by Crippen LogP contribution is -2.25. The van der Waals surface area contributed by atoms with Gasteiger partial charge in [0.05, 0.1) is 13.2 Å². The molecule has 1 aliphatic heterocycles. The third-order valence-electron chi connectivity index (χ3n) is 2.27. The van der Waals surface area contributed by atoms with Crippen LogP contribution in [0.15, 0.2) is 24.3 Å². The third-order valence-corrected chi connectivity index (χ3v) is 2.27. The lowest BCUT2D eigenvalue weighted by atomic mass is 10.2. The lowest BCUT2D eigenvalue weighted by Gasteiger charge is -2.20. The Morgan fingerprint density at radius 2 is 1.57 bits per heavy atom. The zero-order valence-corrected chi connectivity index (χ0v) is 8.40. The maximum atomic E-state index is 5.39. The Kier molecular flexibility index (Phi) is 3.01. The summed E-state index contributed by atoms with van der Waals surface area (Å²) in [5.41, 5.74) is 2.42. The second-order valence-corrected chi connectivity index (χ2v) is 3.45. The van der Waals surface area contributed by atoms with Crippen LogP contribution in [0.25, 0.3) is 0 Å². The van der Waals surface area contributed by atoms with Crippen molar-refractivity contribution in [1.29, 1.82) is 0 Å². The molecule has 3 nitrogen and oxygen atoms in total. The van der Waals surface area contributed by atoms with E-state index in [1.54, 1.807) is 0 Å². The van der Waals surface area contributed by atoms with Gasteiger partial charge < -0.3 is 14.4 Å². The van der Waals surface area contributed by atoms with Gasteiger partial charge in [0.25, 0.3) is 0 Å². The van der Waals surface area contributed by atoms with Crippen LogP contribution in [0.3, 0.4) is 0 Å². The Morgan fingerprint density at radius 1 is 1.00 bits per heavy atom. The highest BCUT2D eigenvalue weighted by Gasteiger charge is 2.09. The Bertz CT molecular complexity index is 276. The Labute approximate surface area is 84.2 Å². The molecule has 1 aliphatic rings. The number of hydrogen-bond donors (Lipinski definition) is 0. The van der Waals surface area contributed by atoms with Crippen molar-refractivity contribution in [3.05, 3.63) is 29.8 Å². The first-order valence-electron chi connectivity index (χ1n) is 4.83. The highest BCUT2D eigenvalue weighted by Crippen LogP contribution is 2.15. The molecular weight excluding hydrogens is 178 g/mol. The highest BCUT2D eigenvalue weighted by atomic mass is 16.6. The number of ether oxygens (including phenoxy) is 2. The lowest BCUT2D eigenvalue weighted by molar-refractivity contribution is 0.103. The van der Waals surface area contributed by atoms with Gasteiger partial charge in [0.2, 0.25) is 0 Å². The minimum Gasteiger partial charge on any atom is -0.359 e. The van der Waals surface area contributed by atoms with Gasteiger partial charge in [0.1, 0.15) is 13.5 Å². The third kappa shape index (κ3) is 2.25. The quantitative estimate of drug-likeness (QED) is 0.678. The molecule has 0 unspecified atom stereocenters. The summed E-state index contributed by atoms with van der Waals surface area (Å²) in [5, 5.41) is 0. The summed E-state index contributed by atoms with van der Waals surface area (Å²) in [6, 6.07) is 8.38. The molecule has 76 valence electrons. The number of nitrogens with zero attached hydrogens (tertiary/aromatic N) is 1. The first-order valence-corrected chi connectivity index (χ1v) is 4.83. The van der Waals surface area contributed by atoms with Crippen LogP contribution in [0, 0.1) is 6.92 Å². The number of anilines is 1. The first kappa shape index (κ1) is 9.49. The van der Waals surface area contributed by atoms with Crippen molar-refractivity contribution in [2.24, 2.45) is 0 Å². The number of hydrogen-bond acceptors (Lipinski definition) is 3. The number of rotatable bonds is 1. The van der Waals surface area contributed by atoms with E-state index in [-0.39, 0.29) is 0 Å². The van der Waals surface area contributed by atoms with Crippen molar-refractivity contribution in [2.75, 3.05) is 31.6 Å². The fraction of sp³-hybridized carbons (Fsp3) is 0.455. The summed E-state index contributed by atoms with van der Waals surface area (Å²) >= 11 is 0. The molecule has 1 aromatic rings. The van der Waals surface area contributed by atoms with Gasteiger partial charge in [-0.15, -0.1) is 0 Å². The summed E-state index contributed by atoms with van der Waals surface area (Å²) in [4.78, 5) is 2.08. The number of aryl methyl sites for hydroxylation is 1. The molecule has 14 heavy (non-hydrogen) atoms. The minimum absolute atomic E-state index is 0.614. The van der Waals surface area contributed by atoms with E-state index in [1.807, 2.05) is 0 Å². The molecule has 1 heterocycles. The molecule has 0 aliphatic carbocycles. The molecule has 2 rings (SSSR count). The molecule has 1 fully saturated rings. The average molecular weight is 193 g/mol. The van der Waals surface area contributed by atoms with Gasteiger partial charge in [-0.05, 0) is 19.1 Å². The van der Waals surface area contributed by atoms with Gasteiger partial charge in [-0.2, -0.15) is 0 Å². The molecule has 0 N–H and O–H groups in total. The summed E-state index contributed by atoms with van der Waals surface area (Å²) in [5.74, 6) is 0. The zero-order chi connectivity index (χ0) is 9.80. The molecule has 0 bridgehead atoms. The molecule has 0 amide bonds. The van der Waals surface area contributed by atoms with Gasteiger partial charge in [-0.25, -0.2) is 0 Å². The average Bonchev–Trinajstić information content (AvgIpc) is 2.47. The van der Waals surface area contributed by atoms with E-state index in [0.29, 0.717) is 26.7 Å². The monoisotopic (exact) mass is 193 g/mol. The van der Waals surface area contributed by atoms with E-state index in [0.717, 1.165) is 5.69 Å². The van der Waals surface area contributed by atoms with Gasteiger partial charge in [-0.3, -0.25) is 0 Å². The van der Waals surface area contributed by atoms with Crippen LogP contribution in [-0.4, -0.2) is 26.7 Å². The Hall–Kier alpha value is -1.06. The van der Waals surface area contributed by atoms with Crippen LogP contribution >= 0.6 is 0 Å². The smallest absolute Gasteiger partial charge is 0.121 e. The van der Waals surface area contributed by atoms with E-state index in [2.05, 4.69) is 36.1 Å². The molecule has 0 aromatic heterocycles. The van der Waals surface area contributed by atoms with Crippen LogP contribution in [0.1, 0.15) is 5.56 Å². The second-order valence-electron chi connectivity index (χ2n) is 3.45. The van der Waals surface area contributed by atoms with Crippen molar-refractivity contribution in [3.8, 4) is 0 Å². The maximum absolute atomic E-state index is 5.39. The molecule has 1 saturated heterocycles. The SMILES string of the molecule is Cc1ccc(N2COCCOC2)cc1. The van der Waals surface area contributed by atoms with Crippen LogP contribution in [0.2, 0.25) is 0 Å². The topological polar surface area (TPSA) is 21.7 Å². The van der Waals surface area contributed by atoms with Gasteiger partial charge in [-0.1, -0.05) is 17.7 Å². The predicted molar refractivity (Wildman–Crippen MR) is 55.3 cm³/mol. The van der Waals surface area contributed by atoms with E-state index in [9.17, 15) is 0 Å². The van der Waals surface area contributed by atoms with E-state index < -0.39 is 0 Å². The molecule has 0 spiro atoms. The largest absolute Gasteiger partial charge is 0.359 e. The van der Waals surface area contributed by atoms with Gasteiger partial charge in [0.15, 0.2) is 0 Å². The van der Waals surface area contributed by atoms with Crippen molar-refractivity contribution >= 4 is 5.69 Å². The van der Waals surface area contributed by atoms with Crippen molar-refractivity contribution in [3.63, 3.8) is 0 Å². The standard InChI is InChI=1S/C11H15NO2/c1-10-2-4-11(5-3-10)12-8-13-6-7-14-9-12/h2-5H,6-9H2,1H3. The van der Waals surface area contributed by atoms with E-state index in [4.69, 9.17) is 9.47 Å². The maximum Gasteiger partial charge on any atom is 0.121 e. The zero-order valence-electron chi connectivity index (χ0n) is 8.40. The number of benzene rings is 1. The Balaban J connectivity index is 2.08. The summed E-state index contributed by atoms with van der Waals surface area (Å²) in [6.45, 7) is 4.68. The van der Waals surface area contributed by atoms with Crippen molar-refractivity contribution in [1.82, 2.24) is 0 Å². The van der Waals surface area contributed by atoms with Crippen LogP contribution in [0.5, 0.6) is 0 Å². The van der Waals surface area contributed by atoms with Crippen LogP contribution < -0.4 is 4.90 Å². The summed E-state index contributed by atoms with van der Waals surface area (Å²) in [7, 11) is 0. The minimum atomic E-state index is 0.614. The molecule has 0 atom stereocenters. The fourth-order valence-corrected chi connectivity index (χ4v) is 1.41. The van der Waals surface area contributed by atoms with E-state index in [1.165, 1.54) is 5.56 Å². The highest BCUT2D eigenvalue weighted by molar-refractivity contribution is 5.46. The molecule has 3 heteroatoms. The second kappa shape index (κ2) is 4.44. The summed E-state index contributed by atoms with van der Waals surface area (Å²) in [6.07, 6.45) is 0. The fourth-order valence-electron chi connectivity index (χ4n) is 1.41. The van der Waals surface area contributed by atoms with Crippen molar-refractivity contribution < 1.29 is 9.47 Å². The normalized spacial score (nSPS) is 17.9. The van der Waals surface area contributed by atoms with E-state index >= 15 is 0 Å².